The van der Waals surface area contributed by atoms with Crippen LogP contribution in [0.15, 0.2) is 12.2 Å². The summed E-state index contributed by atoms with van der Waals surface area (Å²) in [6, 6.07) is 0. The molecule has 0 unspecified atom stereocenters. The fourth-order valence-corrected chi connectivity index (χ4v) is 0.353. The van der Waals surface area contributed by atoms with Gasteiger partial charge in [-0.2, -0.15) is 0 Å². The van der Waals surface area contributed by atoms with E-state index >= 15 is 0 Å². The van der Waals surface area contributed by atoms with Gasteiger partial charge in [-0.3, -0.25) is 0 Å². The van der Waals surface area contributed by atoms with Crippen LogP contribution in [0.1, 0.15) is 6.92 Å². The molecule has 0 aromatic carbocycles. The molecule has 0 aliphatic carbocycles. The van der Waals surface area contributed by atoms with Gasteiger partial charge in [0.05, 0.1) is 0 Å². The van der Waals surface area contributed by atoms with Crippen LogP contribution in [0.3, 0.4) is 0 Å². The lowest BCUT2D eigenvalue weighted by Gasteiger charge is -2.00. The Hall–Kier alpha value is -0.613. The van der Waals surface area contributed by atoms with Gasteiger partial charge in [0.2, 0.25) is 0 Å². The molecule has 0 aliphatic heterocycles. The van der Waals surface area contributed by atoms with Crippen molar-refractivity contribution in [1.29, 1.82) is 0 Å². The van der Waals surface area contributed by atoms with E-state index in [2.05, 4.69) is 15.7 Å². The SMILES string of the molecule is C=C(C)C(=O)OCO[SiH3]. The third-order valence-corrected chi connectivity index (χ3v) is 0.892. The molecule has 0 aliphatic rings. The van der Waals surface area contributed by atoms with Crippen LogP contribution in [-0.4, -0.2) is 23.2 Å². The zero-order chi connectivity index (χ0) is 7.28. The van der Waals surface area contributed by atoms with Crippen LogP contribution in [0, 0.1) is 0 Å². The van der Waals surface area contributed by atoms with Gasteiger partial charge in [0.15, 0.2) is 6.79 Å². The van der Waals surface area contributed by atoms with Crippen LogP contribution >= 0.6 is 0 Å². The number of hydrogen-bond acceptors (Lipinski definition) is 3. The molecule has 3 nitrogen and oxygen atoms in total. The predicted octanol–water partition coefficient (Wildman–Crippen LogP) is -0.640. The number of carbonyl (C=O) groups excluding carboxylic acids is 1. The fraction of sp³-hybridized carbons (Fsp3) is 0.400. The van der Waals surface area contributed by atoms with E-state index in [0.717, 1.165) is 0 Å². The molecule has 0 spiro atoms. The molecule has 0 heterocycles. The van der Waals surface area contributed by atoms with Crippen molar-refractivity contribution in [3.63, 3.8) is 0 Å². The van der Waals surface area contributed by atoms with Crippen molar-refractivity contribution in [3.05, 3.63) is 12.2 Å². The summed E-state index contributed by atoms with van der Waals surface area (Å²) in [5.41, 5.74) is 0.397. The van der Waals surface area contributed by atoms with Gasteiger partial charge in [0.1, 0.15) is 10.5 Å². The lowest BCUT2D eigenvalue weighted by Crippen LogP contribution is -2.07. The summed E-state index contributed by atoms with van der Waals surface area (Å²) in [5, 5.41) is 0. The Morgan fingerprint density at radius 3 is 2.67 bits per heavy atom. The normalized spacial score (nSPS) is 9.00. The van der Waals surface area contributed by atoms with E-state index in [0.29, 0.717) is 16.1 Å². The lowest BCUT2D eigenvalue weighted by molar-refractivity contribution is -0.145. The largest absolute Gasteiger partial charge is 0.436 e. The molecule has 0 aromatic rings. The van der Waals surface area contributed by atoms with Crippen molar-refractivity contribution in [2.24, 2.45) is 0 Å². The van der Waals surface area contributed by atoms with Gasteiger partial charge in [0, 0.05) is 5.57 Å². The van der Waals surface area contributed by atoms with Gasteiger partial charge in [-0.15, -0.1) is 0 Å². The molecule has 9 heavy (non-hydrogen) atoms. The Bertz CT molecular complexity index is 121. The Balaban J connectivity index is 3.39. The Morgan fingerprint density at radius 2 is 2.33 bits per heavy atom. The van der Waals surface area contributed by atoms with E-state index < -0.39 is 5.97 Å². The maximum atomic E-state index is 10.5. The fourth-order valence-electron chi connectivity index (χ4n) is 0.236. The molecule has 0 fully saturated rings. The second-order valence-corrected chi connectivity index (χ2v) is 2.20. The van der Waals surface area contributed by atoms with E-state index in [9.17, 15) is 4.79 Å². The Kier molecular flexibility index (Phi) is 3.99. The molecule has 0 atom stereocenters. The average molecular weight is 146 g/mol. The van der Waals surface area contributed by atoms with Gasteiger partial charge in [-0.05, 0) is 6.92 Å². The zero-order valence-electron chi connectivity index (χ0n) is 5.64. The number of ether oxygens (including phenoxy) is 1. The lowest BCUT2D eigenvalue weighted by atomic mass is 10.4. The number of carbonyl (C=O) groups is 1. The topological polar surface area (TPSA) is 35.5 Å². The minimum Gasteiger partial charge on any atom is -0.436 e. The number of esters is 1. The zero-order valence-corrected chi connectivity index (χ0v) is 7.64. The molecule has 0 rings (SSSR count). The standard InChI is InChI=1S/C5H10O3Si/c1-4(2)5(6)7-3-8-9/h1,3H2,2,9H3. The van der Waals surface area contributed by atoms with Crippen LogP contribution in [0.4, 0.5) is 0 Å². The van der Waals surface area contributed by atoms with Gasteiger partial charge in [-0.25, -0.2) is 4.79 Å². The highest BCUT2D eigenvalue weighted by atomic mass is 28.2. The number of rotatable bonds is 3. The van der Waals surface area contributed by atoms with Crippen LogP contribution in [0.2, 0.25) is 0 Å². The van der Waals surface area contributed by atoms with Crippen molar-refractivity contribution >= 4 is 16.5 Å². The highest BCUT2D eigenvalue weighted by Crippen LogP contribution is 1.90. The summed E-state index contributed by atoms with van der Waals surface area (Å²) < 4.78 is 9.14. The molecule has 4 heteroatoms. The van der Waals surface area contributed by atoms with Crippen LogP contribution < -0.4 is 0 Å². The van der Waals surface area contributed by atoms with Gasteiger partial charge >= 0.3 is 5.97 Å². The number of hydrogen-bond donors (Lipinski definition) is 0. The molecule has 0 radical (unpaired) electrons. The summed E-state index contributed by atoms with van der Waals surface area (Å²) in [5.74, 6) is -0.397. The monoisotopic (exact) mass is 146 g/mol. The maximum Gasteiger partial charge on any atom is 0.335 e. The van der Waals surface area contributed by atoms with E-state index in [1.807, 2.05) is 0 Å². The average Bonchev–Trinajstić information content (AvgIpc) is 1.82. The summed E-state index contributed by atoms with van der Waals surface area (Å²) in [6.07, 6.45) is 0. The van der Waals surface area contributed by atoms with E-state index in [1.54, 1.807) is 6.92 Å². The van der Waals surface area contributed by atoms with Crippen LogP contribution in [0.25, 0.3) is 0 Å². The molecule has 0 bridgehead atoms. The van der Waals surface area contributed by atoms with Crippen molar-refractivity contribution < 1.29 is 14.0 Å². The first-order valence-corrected chi connectivity index (χ1v) is 3.31. The Morgan fingerprint density at radius 1 is 1.78 bits per heavy atom. The quantitative estimate of drug-likeness (QED) is 0.230. The third-order valence-electron chi connectivity index (χ3n) is 0.656. The third kappa shape index (κ3) is 3.93. The van der Waals surface area contributed by atoms with Crippen LogP contribution in [0.5, 0.6) is 0 Å². The molecule has 52 valence electrons. The maximum absolute atomic E-state index is 10.5. The van der Waals surface area contributed by atoms with Crippen molar-refractivity contribution in [3.8, 4) is 0 Å². The Labute approximate surface area is 57.2 Å². The highest BCUT2D eigenvalue weighted by Gasteiger charge is 1.99. The molecule has 0 saturated heterocycles. The van der Waals surface area contributed by atoms with Gasteiger partial charge in [-0.1, -0.05) is 6.58 Å². The second kappa shape index (κ2) is 4.28. The van der Waals surface area contributed by atoms with E-state index in [4.69, 9.17) is 0 Å². The minimum atomic E-state index is -0.397. The van der Waals surface area contributed by atoms with Crippen molar-refractivity contribution in [2.45, 2.75) is 6.92 Å². The molecule has 0 N–H and O–H groups in total. The summed E-state index contributed by atoms with van der Waals surface area (Å²) in [6.45, 7) is 5.04. The molecule has 0 amide bonds. The van der Waals surface area contributed by atoms with Gasteiger partial charge in [0.25, 0.3) is 0 Å². The van der Waals surface area contributed by atoms with Crippen molar-refractivity contribution in [1.82, 2.24) is 0 Å². The van der Waals surface area contributed by atoms with Gasteiger partial charge < -0.3 is 9.16 Å². The van der Waals surface area contributed by atoms with Crippen LogP contribution in [-0.2, 0) is 14.0 Å². The van der Waals surface area contributed by atoms with Crippen molar-refractivity contribution in [2.75, 3.05) is 6.79 Å². The highest BCUT2D eigenvalue weighted by molar-refractivity contribution is 5.98. The summed E-state index contributed by atoms with van der Waals surface area (Å²) >= 11 is 0. The smallest absolute Gasteiger partial charge is 0.335 e. The first kappa shape index (κ1) is 8.39. The van der Waals surface area contributed by atoms with E-state index in [-0.39, 0.29) is 6.79 Å². The molecular formula is C5H10O3Si. The molecular weight excluding hydrogens is 136 g/mol. The predicted molar refractivity (Wildman–Crippen MR) is 36.8 cm³/mol. The summed E-state index contributed by atoms with van der Waals surface area (Å²) in [4.78, 5) is 10.5. The summed E-state index contributed by atoms with van der Waals surface area (Å²) in [7, 11) is 0.583. The first-order chi connectivity index (χ1) is 4.18. The second-order valence-electron chi connectivity index (χ2n) is 1.62. The van der Waals surface area contributed by atoms with E-state index in [1.165, 1.54) is 0 Å². The molecule has 0 saturated carbocycles. The first-order valence-electron chi connectivity index (χ1n) is 2.50. The minimum absolute atomic E-state index is 0.0535. The molecule has 0 aromatic heterocycles.